The lowest BCUT2D eigenvalue weighted by Gasteiger charge is -2.09. The molecular formula is C11H15NO4S. The number of aromatic carboxylic acids is 1. The van der Waals surface area contributed by atoms with E-state index >= 15 is 0 Å². The summed E-state index contributed by atoms with van der Waals surface area (Å²) in [5.74, 6) is -1.28. The second-order valence-corrected chi connectivity index (χ2v) is 5.79. The van der Waals surface area contributed by atoms with Crippen LogP contribution in [0.5, 0.6) is 0 Å². The van der Waals surface area contributed by atoms with Crippen LogP contribution in [0.25, 0.3) is 0 Å². The molecule has 0 aliphatic rings. The summed E-state index contributed by atoms with van der Waals surface area (Å²) < 4.78 is 25.7. The van der Waals surface area contributed by atoms with E-state index in [4.69, 9.17) is 5.11 Å². The largest absolute Gasteiger partial charge is 0.478 e. The maximum absolute atomic E-state index is 11.6. The van der Waals surface area contributed by atoms with E-state index in [-0.39, 0.29) is 17.4 Å². The van der Waals surface area contributed by atoms with Crippen LogP contribution in [0.1, 0.15) is 29.8 Å². The summed E-state index contributed by atoms with van der Waals surface area (Å²) in [7, 11) is -3.42. The number of rotatable bonds is 5. The molecule has 0 spiro atoms. The summed E-state index contributed by atoms with van der Waals surface area (Å²) in [5, 5.41) is 8.79. The Morgan fingerprint density at radius 2 is 2.06 bits per heavy atom. The number of benzene rings is 1. The minimum absolute atomic E-state index is 0.0854. The van der Waals surface area contributed by atoms with Crippen molar-refractivity contribution < 1.29 is 18.3 Å². The van der Waals surface area contributed by atoms with Crippen LogP contribution in [0.2, 0.25) is 0 Å². The molecule has 0 radical (unpaired) electrons. The van der Waals surface area contributed by atoms with E-state index in [0.717, 1.165) is 0 Å². The Kier molecular flexibility index (Phi) is 4.25. The van der Waals surface area contributed by atoms with Gasteiger partial charge in [0.05, 0.1) is 11.3 Å². The monoisotopic (exact) mass is 257 g/mol. The van der Waals surface area contributed by atoms with E-state index in [0.29, 0.717) is 5.56 Å². The maximum Gasteiger partial charge on any atom is 0.335 e. The Balaban J connectivity index is 2.89. The quantitative estimate of drug-likeness (QED) is 0.830. The first kappa shape index (κ1) is 13.7. The zero-order chi connectivity index (χ0) is 13.1. The number of carbonyl (C=O) groups is 1. The molecule has 0 bridgehead atoms. The molecule has 94 valence electrons. The fourth-order valence-electron chi connectivity index (χ4n) is 1.41. The molecule has 1 aromatic rings. The van der Waals surface area contributed by atoms with Gasteiger partial charge in [0.15, 0.2) is 0 Å². The molecule has 0 heterocycles. The molecule has 0 aromatic heterocycles. The average Bonchev–Trinajstić information content (AvgIpc) is 2.14. The predicted octanol–water partition coefficient (Wildman–Crippen LogP) is 1.21. The first-order chi connectivity index (χ1) is 7.80. The fraction of sp³-hybridized carbons (Fsp3) is 0.364. The number of nitrogens with one attached hydrogen (secondary N) is 1. The summed E-state index contributed by atoms with van der Waals surface area (Å²) in [6.45, 7) is 3.45. The molecular weight excluding hydrogens is 242 g/mol. The zero-order valence-electron chi connectivity index (χ0n) is 9.67. The first-order valence-corrected chi connectivity index (χ1v) is 6.77. The van der Waals surface area contributed by atoms with Crippen molar-refractivity contribution in [2.75, 3.05) is 0 Å². The van der Waals surface area contributed by atoms with Gasteiger partial charge in [0, 0.05) is 6.04 Å². The highest BCUT2D eigenvalue weighted by molar-refractivity contribution is 7.88. The van der Waals surface area contributed by atoms with Gasteiger partial charge in [0.25, 0.3) is 0 Å². The molecule has 1 aromatic carbocycles. The number of hydrogen-bond donors (Lipinski definition) is 2. The minimum atomic E-state index is -3.42. The zero-order valence-corrected chi connectivity index (χ0v) is 10.5. The summed E-state index contributed by atoms with van der Waals surface area (Å²) >= 11 is 0. The smallest absolute Gasteiger partial charge is 0.335 e. The number of hydrogen-bond acceptors (Lipinski definition) is 3. The van der Waals surface area contributed by atoms with Crippen LogP contribution < -0.4 is 4.72 Å². The molecule has 17 heavy (non-hydrogen) atoms. The lowest BCUT2D eigenvalue weighted by molar-refractivity contribution is 0.0696. The van der Waals surface area contributed by atoms with Gasteiger partial charge in [-0.2, -0.15) is 0 Å². The first-order valence-electron chi connectivity index (χ1n) is 5.12. The summed E-state index contributed by atoms with van der Waals surface area (Å²) in [6.07, 6.45) is 0. The van der Waals surface area contributed by atoms with Crippen LogP contribution in [0.3, 0.4) is 0 Å². The van der Waals surface area contributed by atoms with Gasteiger partial charge in [-0.15, -0.1) is 0 Å². The molecule has 0 saturated carbocycles. The predicted molar refractivity (Wildman–Crippen MR) is 64.3 cm³/mol. The normalized spacial score (nSPS) is 11.7. The van der Waals surface area contributed by atoms with Crippen molar-refractivity contribution in [1.82, 2.24) is 4.72 Å². The molecule has 6 heteroatoms. The molecule has 0 aliphatic carbocycles. The van der Waals surface area contributed by atoms with E-state index in [1.807, 2.05) is 0 Å². The molecule has 0 amide bonds. The second-order valence-electron chi connectivity index (χ2n) is 4.04. The van der Waals surface area contributed by atoms with Crippen molar-refractivity contribution >= 4 is 16.0 Å². The van der Waals surface area contributed by atoms with Crippen molar-refractivity contribution in [2.45, 2.75) is 25.6 Å². The molecule has 0 saturated heterocycles. The molecule has 0 atom stereocenters. The van der Waals surface area contributed by atoms with Gasteiger partial charge in [-0.25, -0.2) is 17.9 Å². The van der Waals surface area contributed by atoms with Crippen LogP contribution in [0, 0.1) is 0 Å². The number of carboxylic acids is 1. The van der Waals surface area contributed by atoms with Gasteiger partial charge in [-0.05, 0) is 31.5 Å². The Morgan fingerprint density at radius 1 is 1.41 bits per heavy atom. The van der Waals surface area contributed by atoms with Crippen molar-refractivity contribution in [1.29, 1.82) is 0 Å². The van der Waals surface area contributed by atoms with Crippen molar-refractivity contribution in [3.05, 3.63) is 35.4 Å². The van der Waals surface area contributed by atoms with E-state index in [1.165, 1.54) is 18.2 Å². The van der Waals surface area contributed by atoms with E-state index in [2.05, 4.69) is 4.72 Å². The van der Waals surface area contributed by atoms with Gasteiger partial charge in [-0.1, -0.05) is 12.1 Å². The van der Waals surface area contributed by atoms with Crippen LogP contribution in [0.4, 0.5) is 0 Å². The third-order valence-electron chi connectivity index (χ3n) is 1.95. The standard InChI is InChI=1S/C11H15NO4S/c1-8(2)12-17(15,16)7-9-4-3-5-10(6-9)11(13)14/h3-6,8,12H,7H2,1-2H3,(H,13,14). The Bertz CT molecular complexity index is 508. The Morgan fingerprint density at radius 3 is 2.59 bits per heavy atom. The highest BCUT2D eigenvalue weighted by atomic mass is 32.2. The summed E-state index contributed by atoms with van der Waals surface area (Å²) in [4.78, 5) is 10.7. The van der Waals surface area contributed by atoms with E-state index in [9.17, 15) is 13.2 Å². The highest BCUT2D eigenvalue weighted by Crippen LogP contribution is 2.09. The molecule has 1 rings (SSSR count). The molecule has 0 aliphatic heterocycles. The van der Waals surface area contributed by atoms with Gasteiger partial charge in [0.2, 0.25) is 10.0 Å². The minimum Gasteiger partial charge on any atom is -0.478 e. The maximum atomic E-state index is 11.6. The Hall–Kier alpha value is -1.40. The summed E-state index contributed by atoms with van der Waals surface area (Å²) in [6, 6.07) is 5.73. The molecule has 5 nitrogen and oxygen atoms in total. The lowest BCUT2D eigenvalue weighted by Crippen LogP contribution is -2.31. The topological polar surface area (TPSA) is 83.5 Å². The highest BCUT2D eigenvalue weighted by Gasteiger charge is 2.13. The van der Waals surface area contributed by atoms with Gasteiger partial charge >= 0.3 is 5.97 Å². The SMILES string of the molecule is CC(C)NS(=O)(=O)Cc1cccc(C(=O)O)c1. The van der Waals surface area contributed by atoms with Crippen molar-refractivity contribution in [2.24, 2.45) is 0 Å². The van der Waals surface area contributed by atoms with E-state index in [1.54, 1.807) is 19.9 Å². The second kappa shape index (κ2) is 5.29. The molecule has 0 fully saturated rings. The van der Waals surface area contributed by atoms with Gasteiger partial charge in [-0.3, -0.25) is 0 Å². The van der Waals surface area contributed by atoms with Crippen LogP contribution in [-0.2, 0) is 15.8 Å². The van der Waals surface area contributed by atoms with Crippen molar-refractivity contribution in [3.8, 4) is 0 Å². The third-order valence-corrected chi connectivity index (χ3v) is 3.49. The van der Waals surface area contributed by atoms with Crippen molar-refractivity contribution in [3.63, 3.8) is 0 Å². The van der Waals surface area contributed by atoms with Crippen LogP contribution in [0.15, 0.2) is 24.3 Å². The molecule has 2 N–H and O–H groups in total. The van der Waals surface area contributed by atoms with Gasteiger partial charge in [0.1, 0.15) is 0 Å². The van der Waals surface area contributed by atoms with Crippen LogP contribution in [-0.4, -0.2) is 25.5 Å². The van der Waals surface area contributed by atoms with E-state index < -0.39 is 16.0 Å². The summed E-state index contributed by atoms with van der Waals surface area (Å²) in [5.41, 5.74) is 0.542. The average molecular weight is 257 g/mol. The Labute approximate surface area is 101 Å². The number of carboxylic acid groups (broad SMARTS) is 1. The molecule has 0 unspecified atom stereocenters. The number of sulfonamides is 1. The lowest BCUT2D eigenvalue weighted by atomic mass is 10.1. The fourth-order valence-corrected chi connectivity index (χ4v) is 2.83. The third kappa shape index (κ3) is 4.54. The van der Waals surface area contributed by atoms with Gasteiger partial charge < -0.3 is 5.11 Å². The van der Waals surface area contributed by atoms with Crippen LogP contribution >= 0.6 is 0 Å².